The molecule has 1 aromatic heterocycles. The molecule has 2 aliphatic rings. The molecule has 3 atom stereocenters. The van der Waals surface area contributed by atoms with Gasteiger partial charge in [-0.25, -0.2) is 0 Å². The van der Waals surface area contributed by atoms with E-state index in [4.69, 9.17) is 10.5 Å². The van der Waals surface area contributed by atoms with Crippen molar-refractivity contribution in [2.24, 2.45) is 17.6 Å². The van der Waals surface area contributed by atoms with E-state index < -0.39 is 23.3 Å². The van der Waals surface area contributed by atoms with Crippen LogP contribution < -0.4 is 15.8 Å². The molecule has 2 saturated heterocycles. The molecule has 31 heavy (non-hydrogen) atoms. The third-order valence-corrected chi connectivity index (χ3v) is 6.58. The molecule has 2 aromatic rings. The number of hydrogen-bond acceptors (Lipinski definition) is 5. The molecule has 0 spiro atoms. The molecule has 3 heterocycles. The number of rotatable bonds is 6. The molecule has 1 unspecified atom stereocenters. The van der Waals surface area contributed by atoms with E-state index in [2.05, 4.69) is 16.4 Å². The summed E-state index contributed by atoms with van der Waals surface area (Å²) < 4.78 is 5.37. The predicted molar refractivity (Wildman–Crippen MR) is 112 cm³/mol. The number of aromatic nitrogens is 1. The van der Waals surface area contributed by atoms with Crippen LogP contribution in [0, 0.1) is 23.2 Å². The van der Waals surface area contributed by atoms with Crippen molar-refractivity contribution in [1.82, 2.24) is 15.2 Å². The van der Waals surface area contributed by atoms with Crippen molar-refractivity contribution >= 4 is 28.6 Å². The Bertz CT molecular complexity index is 1090. The highest BCUT2D eigenvalue weighted by Gasteiger charge is 2.55. The van der Waals surface area contributed by atoms with Gasteiger partial charge in [0.25, 0.3) is 5.91 Å². The topological polar surface area (TPSA) is 141 Å². The Hall–Kier alpha value is -3.54. The van der Waals surface area contributed by atoms with Gasteiger partial charge in [-0.3, -0.25) is 14.4 Å². The molecule has 162 valence electrons. The quantitative estimate of drug-likeness (QED) is 0.642. The van der Waals surface area contributed by atoms with Gasteiger partial charge in [0, 0.05) is 29.9 Å². The van der Waals surface area contributed by atoms with Crippen molar-refractivity contribution < 1.29 is 19.1 Å². The number of methoxy groups -OCH3 is 1. The number of ether oxygens (including phenoxy) is 1. The lowest BCUT2D eigenvalue weighted by Crippen LogP contribution is -2.60. The van der Waals surface area contributed by atoms with Crippen LogP contribution in [0.2, 0.25) is 0 Å². The van der Waals surface area contributed by atoms with E-state index in [0.717, 1.165) is 10.9 Å². The lowest BCUT2D eigenvalue weighted by Gasteiger charge is -2.39. The average Bonchev–Trinajstić information content (AvgIpc) is 3.49. The number of likely N-dealkylation sites (tertiary alicyclic amines) is 1. The first-order chi connectivity index (χ1) is 14.9. The van der Waals surface area contributed by atoms with Gasteiger partial charge in [0.1, 0.15) is 17.0 Å². The molecule has 9 nitrogen and oxygen atoms in total. The van der Waals surface area contributed by atoms with Crippen LogP contribution in [0.1, 0.15) is 36.2 Å². The zero-order chi connectivity index (χ0) is 22.2. The van der Waals surface area contributed by atoms with Crippen LogP contribution in [0.4, 0.5) is 0 Å². The maximum absolute atomic E-state index is 13.5. The molecule has 0 aliphatic carbocycles. The van der Waals surface area contributed by atoms with E-state index in [1.807, 2.05) is 12.1 Å². The maximum atomic E-state index is 13.5. The molecule has 4 rings (SSSR count). The molecule has 0 bridgehead atoms. The molecule has 3 amide bonds. The third-order valence-electron chi connectivity index (χ3n) is 6.58. The highest BCUT2D eigenvalue weighted by atomic mass is 16.5. The Morgan fingerprint density at radius 1 is 1.45 bits per heavy atom. The molecule has 4 N–H and O–H groups in total. The number of fused-ring (bicyclic) bond motifs is 1. The number of H-pyrrole nitrogens is 1. The minimum absolute atomic E-state index is 0.126. The van der Waals surface area contributed by atoms with Crippen LogP contribution in [-0.2, 0) is 9.59 Å². The third kappa shape index (κ3) is 3.28. The largest absolute Gasteiger partial charge is 0.496 e. The Kier molecular flexibility index (Phi) is 5.31. The molecule has 2 aliphatic heterocycles. The Morgan fingerprint density at radius 3 is 2.90 bits per heavy atom. The van der Waals surface area contributed by atoms with E-state index in [0.29, 0.717) is 43.8 Å². The number of hydrogen-bond donors (Lipinski definition) is 3. The number of carbonyl (C=O) groups excluding carboxylic acids is 3. The lowest BCUT2D eigenvalue weighted by molar-refractivity contribution is -0.131. The number of carbonyl (C=O) groups is 3. The zero-order valence-corrected chi connectivity index (χ0v) is 17.3. The molecular weight excluding hydrogens is 398 g/mol. The highest BCUT2D eigenvalue weighted by Crippen LogP contribution is 2.41. The predicted octanol–water partition coefficient (Wildman–Crippen LogP) is 1.30. The molecule has 0 radical (unpaired) electrons. The SMILES string of the molecule is COc1cccc2[nH]c(C(=O)N3CCCC3(C(N)=O)[C@@H](C#N)C[C@H]3CCNC3=O)cc12. The number of nitrogens with zero attached hydrogens (tertiary/aromatic N) is 2. The smallest absolute Gasteiger partial charge is 0.271 e. The second kappa shape index (κ2) is 7.95. The summed E-state index contributed by atoms with van der Waals surface area (Å²) in [6.45, 7) is 0.855. The van der Waals surface area contributed by atoms with Gasteiger partial charge < -0.3 is 25.7 Å². The van der Waals surface area contributed by atoms with Crippen LogP contribution in [0.25, 0.3) is 10.9 Å². The van der Waals surface area contributed by atoms with Crippen LogP contribution in [-0.4, -0.2) is 53.3 Å². The maximum Gasteiger partial charge on any atom is 0.271 e. The van der Waals surface area contributed by atoms with Gasteiger partial charge in [-0.05, 0) is 43.9 Å². The average molecular weight is 423 g/mol. The summed E-state index contributed by atoms with van der Waals surface area (Å²) in [6.07, 6.45) is 1.63. The molecule has 1 aromatic carbocycles. The second-order valence-electron chi connectivity index (χ2n) is 8.15. The van der Waals surface area contributed by atoms with Crippen LogP contribution in [0.3, 0.4) is 0 Å². The van der Waals surface area contributed by atoms with Crippen molar-refractivity contribution in [3.8, 4) is 11.8 Å². The minimum Gasteiger partial charge on any atom is -0.496 e. The number of nitrogens with one attached hydrogen (secondary N) is 2. The Balaban J connectivity index is 1.70. The summed E-state index contributed by atoms with van der Waals surface area (Å²) >= 11 is 0. The summed E-state index contributed by atoms with van der Waals surface area (Å²) in [4.78, 5) is 42.9. The lowest BCUT2D eigenvalue weighted by atomic mass is 9.76. The van der Waals surface area contributed by atoms with Crippen molar-refractivity contribution in [3.05, 3.63) is 30.0 Å². The van der Waals surface area contributed by atoms with Crippen molar-refractivity contribution in [1.29, 1.82) is 5.26 Å². The van der Waals surface area contributed by atoms with Gasteiger partial charge in [0.05, 0.1) is 19.1 Å². The number of primary amides is 1. The van der Waals surface area contributed by atoms with E-state index in [1.54, 1.807) is 19.2 Å². The van der Waals surface area contributed by atoms with Gasteiger partial charge >= 0.3 is 0 Å². The van der Waals surface area contributed by atoms with E-state index in [-0.39, 0.29) is 18.2 Å². The number of aromatic amines is 1. The monoisotopic (exact) mass is 423 g/mol. The van der Waals surface area contributed by atoms with Crippen molar-refractivity contribution in [2.75, 3.05) is 20.2 Å². The Morgan fingerprint density at radius 2 is 2.26 bits per heavy atom. The fourth-order valence-electron chi connectivity index (χ4n) is 4.99. The molecule has 0 saturated carbocycles. The number of amides is 3. The van der Waals surface area contributed by atoms with Gasteiger partial charge in [0.2, 0.25) is 11.8 Å². The fraction of sp³-hybridized carbons (Fsp3) is 0.455. The van der Waals surface area contributed by atoms with E-state index >= 15 is 0 Å². The van der Waals surface area contributed by atoms with Crippen LogP contribution in [0.15, 0.2) is 24.3 Å². The van der Waals surface area contributed by atoms with Crippen LogP contribution >= 0.6 is 0 Å². The Labute approximate surface area is 179 Å². The number of benzene rings is 1. The summed E-state index contributed by atoms with van der Waals surface area (Å²) in [6, 6.07) is 9.32. The highest BCUT2D eigenvalue weighted by molar-refractivity contribution is 6.02. The van der Waals surface area contributed by atoms with Gasteiger partial charge in [-0.15, -0.1) is 0 Å². The van der Waals surface area contributed by atoms with Gasteiger partial charge in [-0.1, -0.05) is 6.07 Å². The first-order valence-electron chi connectivity index (χ1n) is 10.4. The first kappa shape index (κ1) is 20.7. The van der Waals surface area contributed by atoms with E-state index in [1.165, 1.54) is 4.90 Å². The van der Waals surface area contributed by atoms with Crippen molar-refractivity contribution in [2.45, 2.75) is 31.2 Å². The van der Waals surface area contributed by atoms with Crippen LogP contribution in [0.5, 0.6) is 5.75 Å². The standard InChI is InChI=1S/C22H25N5O4/c1-31-18-5-2-4-16-15(18)11-17(26-16)20(29)27-9-3-7-22(27,21(24)30)14(12-23)10-13-6-8-25-19(13)28/h2,4-5,11,13-14,26H,3,6-10H2,1H3,(H2,24,30)(H,25,28)/t13-,14-,22?/m1/s1. The summed E-state index contributed by atoms with van der Waals surface area (Å²) in [7, 11) is 1.55. The van der Waals surface area contributed by atoms with E-state index in [9.17, 15) is 19.6 Å². The molecule has 9 heteroatoms. The molecule has 2 fully saturated rings. The number of nitrogens with two attached hydrogens (primary N) is 1. The minimum atomic E-state index is -1.45. The van der Waals surface area contributed by atoms with Crippen molar-refractivity contribution in [3.63, 3.8) is 0 Å². The molecular formula is C22H25N5O4. The summed E-state index contributed by atoms with van der Waals surface area (Å²) in [5, 5.41) is 13.5. The number of nitriles is 1. The van der Waals surface area contributed by atoms with Gasteiger partial charge in [-0.2, -0.15) is 5.26 Å². The zero-order valence-electron chi connectivity index (χ0n) is 17.3. The summed E-state index contributed by atoms with van der Waals surface area (Å²) in [5.41, 5.74) is 5.40. The normalized spacial score (nSPS) is 24.1. The summed E-state index contributed by atoms with van der Waals surface area (Å²) in [5.74, 6) is -1.85. The first-order valence-corrected chi connectivity index (χ1v) is 10.4. The fourth-order valence-corrected chi connectivity index (χ4v) is 4.99. The second-order valence-corrected chi connectivity index (χ2v) is 8.15. The van der Waals surface area contributed by atoms with Gasteiger partial charge in [0.15, 0.2) is 0 Å².